The average Bonchev–Trinajstić information content (AvgIpc) is 3.25. The van der Waals surface area contributed by atoms with Crippen molar-refractivity contribution in [1.82, 2.24) is 15.3 Å². The maximum absolute atomic E-state index is 12.8. The zero-order valence-corrected chi connectivity index (χ0v) is 17.5. The molecule has 0 radical (unpaired) electrons. The molecular weight excluding hydrogens is 400 g/mol. The second kappa shape index (κ2) is 9.25. The van der Waals surface area contributed by atoms with Crippen molar-refractivity contribution < 1.29 is 24.9 Å². The molecule has 3 atom stereocenters. The zero-order chi connectivity index (χ0) is 22.7. The first kappa shape index (κ1) is 22.4. The summed E-state index contributed by atoms with van der Waals surface area (Å²) in [7, 11) is 3.84. The van der Waals surface area contributed by atoms with Crippen molar-refractivity contribution in [3.63, 3.8) is 0 Å². The van der Waals surface area contributed by atoms with Crippen LogP contribution in [0.2, 0.25) is 0 Å². The van der Waals surface area contributed by atoms with E-state index in [1.54, 1.807) is 12.1 Å². The number of benzene rings is 2. The quantitative estimate of drug-likeness (QED) is 0.339. The Morgan fingerprint density at radius 2 is 1.77 bits per heavy atom. The Morgan fingerprint density at radius 1 is 1.10 bits per heavy atom. The molecule has 0 spiro atoms. The van der Waals surface area contributed by atoms with Crippen LogP contribution >= 0.6 is 0 Å². The number of aliphatic hydroxyl groups is 3. The van der Waals surface area contributed by atoms with Crippen molar-refractivity contribution in [3.05, 3.63) is 59.7 Å². The molecule has 164 valence electrons. The molecule has 0 saturated carbocycles. The molecule has 2 aromatic carbocycles. The van der Waals surface area contributed by atoms with Gasteiger partial charge in [-0.3, -0.25) is 9.59 Å². The Labute approximate surface area is 179 Å². The first-order valence-electron chi connectivity index (χ1n) is 9.78. The molecule has 1 aromatic heterocycles. The second-order valence-corrected chi connectivity index (χ2v) is 7.53. The van der Waals surface area contributed by atoms with Gasteiger partial charge in [-0.05, 0) is 17.5 Å². The van der Waals surface area contributed by atoms with Gasteiger partial charge in [0.15, 0.2) is 11.6 Å². The summed E-state index contributed by atoms with van der Waals surface area (Å²) in [5.74, 6) is -0.701. The summed E-state index contributed by atoms with van der Waals surface area (Å²) in [6.45, 7) is 1.03. The Hall–Kier alpha value is -3.27. The van der Waals surface area contributed by atoms with Gasteiger partial charge in [0.2, 0.25) is 0 Å². The molecule has 0 bridgehead atoms. The van der Waals surface area contributed by atoms with Gasteiger partial charge in [-0.2, -0.15) is 0 Å². The van der Waals surface area contributed by atoms with Crippen LogP contribution in [-0.4, -0.2) is 69.8 Å². The fourth-order valence-electron chi connectivity index (χ4n) is 3.35. The first-order valence-corrected chi connectivity index (χ1v) is 9.78. The van der Waals surface area contributed by atoms with Gasteiger partial charge in [0, 0.05) is 44.2 Å². The number of H-pyrrole nitrogens is 1. The van der Waals surface area contributed by atoms with E-state index in [1.807, 2.05) is 43.3 Å². The lowest BCUT2D eigenvalue weighted by Gasteiger charge is -2.22. The van der Waals surface area contributed by atoms with Crippen LogP contribution in [0.1, 0.15) is 39.7 Å². The van der Waals surface area contributed by atoms with Crippen LogP contribution in [-0.2, 0) is 0 Å². The summed E-state index contributed by atoms with van der Waals surface area (Å²) in [6, 6.07) is 11.1. The van der Waals surface area contributed by atoms with Crippen molar-refractivity contribution in [2.75, 3.05) is 25.5 Å². The lowest BCUT2D eigenvalue weighted by molar-refractivity contribution is -0.0601. The summed E-state index contributed by atoms with van der Waals surface area (Å²) >= 11 is 0. The SMILES string of the molecule is CC(=O)c1ncc([C@@H](O)[C@H](O)[C@H](O)CNC(=O)c2cccc3c(N(C)C)cccc23)[nH]1. The lowest BCUT2D eigenvalue weighted by Crippen LogP contribution is -2.41. The molecule has 31 heavy (non-hydrogen) atoms. The number of nitrogens with zero attached hydrogens (tertiary/aromatic N) is 2. The number of ketones is 1. The van der Waals surface area contributed by atoms with Gasteiger partial charge in [-0.1, -0.05) is 24.3 Å². The Morgan fingerprint density at radius 3 is 2.42 bits per heavy atom. The summed E-state index contributed by atoms with van der Waals surface area (Å²) in [6.07, 6.45) is -3.34. The summed E-state index contributed by atoms with van der Waals surface area (Å²) < 4.78 is 0. The topological polar surface area (TPSA) is 139 Å². The monoisotopic (exact) mass is 426 g/mol. The Kier molecular flexibility index (Phi) is 6.69. The van der Waals surface area contributed by atoms with Gasteiger partial charge in [0.05, 0.1) is 11.9 Å². The van der Waals surface area contributed by atoms with Gasteiger partial charge in [0.25, 0.3) is 5.91 Å². The predicted octanol–water partition coefficient (Wildman–Crippen LogP) is 1.02. The maximum atomic E-state index is 12.8. The van der Waals surface area contributed by atoms with Crippen molar-refractivity contribution in [2.24, 2.45) is 0 Å². The minimum Gasteiger partial charge on any atom is -0.388 e. The standard InChI is InChI=1S/C22H26N4O5/c1-12(27)21-23-10-16(25-21)19(29)20(30)18(28)11-24-22(31)15-8-4-7-14-13(15)6-5-9-17(14)26(2)3/h4-10,18-20,28-30H,11H2,1-3H3,(H,23,25)(H,24,31)/t18-,19-,20-/m1/s1. The summed E-state index contributed by atoms with van der Waals surface area (Å²) in [4.78, 5) is 32.4. The number of nitrogens with one attached hydrogen (secondary N) is 2. The third-order valence-electron chi connectivity index (χ3n) is 5.06. The first-order chi connectivity index (χ1) is 14.7. The van der Waals surface area contributed by atoms with E-state index in [2.05, 4.69) is 15.3 Å². The highest BCUT2D eigenvalue weighted by Crippen LogP contribution is 2.28. The van der Waals surface area contributed by atoms with Crippen LogP contribution in [0.5, 0.6) is 0 Å². The molecule has 0 fully saturated rings. The molecule has 1 amide bonds. The van der Waals surface area contributed by atoms with Gasteiger partial charge in [-0.25, -0.2) is 4.98 Å². The van der Waals surface area contributed by atoms with Crippen LogP contribution in [0, 0.1) is 0 Å². The number of aromatic nitrogens is 2. The predicted molar refractivity (Wildman–Crippen MR) is 116 cm³/mol. The van der Waals surface area contributed by atoms with Crippen molar-refractivity contribution in [2.45, 2.75) is 25.2 Å². The minimum absolute atomic E-state index is 0.0390. The van der Waals surface area contributed by atoms with Crippen molar-refractivity contribution >= 4 is 28.2 Å². The number of aliphatic hydroxyl groups excluding tert-OH is 3. The molecule has 3 aromatic rings. The van der Waals surface area contributed by atoms with E-state index in [0.29, 0.717) is 5.56 Å². The number of aromatic amines is 1. The largest absolute Gasteiger partial charge is 0.388 e. The van der Waals surface area contributed by atoms with E-state index in [4.69, 9.17) is 0 Å². The van der Waals surface area contributed by atoms with Crippen molar-refractivity contribution in [1.29, 1.82) is 0 Å². The number of amides is 1. The third kappa shape index (κ3) is 4.74. The summed E-state index contributed by atoms with van der Waals surface area (Å²) in [5, 5.41) is 35.0. The van der Waals surface area contributed by atoms with Gasteiger partial charge >= 0.3 is 0 Å². The Bertz CT molecular complexity index is 1090. The number of Topliss-reactive ketones (excluding diaryl/α,β-unsaturated/α-hetero) is 1. The Balaban J connectivity index is 1.70. The molecule has 9 nitrogen and oxygen atoms in total. The number of imidazole rings is 1. The van der Waals surface area contributed by atoms with Gasteiger partial charge < -0.3 is 30.5 Å². The lowest BCUT2D eigenvalue weighted by atomic mass is 10.0. The van der Waals surface area contributed by atoms with Crippen LogP contribution < -0.4 is 10.2 Å². The van der Waals surface area contributed by atoms with E-state index in [0.717, 1.165) is 16.5 Å². The summed E-state index contributed by atoms with van der Waals surface area (Å²) in [5.41, 5.74) is 1.49. The van der Waals surface area contributed by atoms with Crippen LogP contribution in [0.3, 0.4) is 0 Å². The number of fused-ring (bicyclic) bond motifs is 1. The third-order valence-corrected chi connectivity index (χ3v) is 5.06. The van der Waals surface area contributed by atoms with Gasteiger partial charge in [-0.15, -0.1) is 0 Å². The van der Waals surface area contributed by atoms with Gasteiger partial charge in [0.1, 0.15) is 18.3 Å². The van der Waals surface area contributed by atoms with Crippen molar-refractivity contribution in [3.8, 4) is 0 Å². The van der Waals surface area contributed by atoms with E-state index in [9.17, 15) is 24.9 Å². The van der Waals surface area contributed by atoms with E-state index in [1.165, 1.54) is 13.1 Å². The zero-order valence-electron chi connectivity index (χ0n) is 17.5. The average molecular weight is 426 g/mol. The number of carbonyl (C=O) groups is 2. The normalized spacial score (nSPS) is 14.1. The number of rotatable bonds is 8. The molecule has 0 aliphatic rings. The number of carbonyl (C=O) groups excluding carboxylic acids is 2. The number of anilines is 1. The fourth-order valence-corrected chi connectivity index (χ4v) is 3.35. The molecule has 0 aliphatic heterocycles. The second-order valence-electron chi connectivity index (χ2n) is 7.53. The molecule has 0 unspecified atom stereocenters. The van der Waals surface area contributed by atoms with E-state index >= 15 is 0 Å². The number of hydrogen-bond acceptors (Lipinski definition) is 7. The van der Waals surface area contributed by atoms with Crippen LogP contribution in [0.25, 0.3) is 10.8 Å². The highest BCUT2D eigenvalue weighted by atomic mass is 16.4. The fraction of sp³-hybridized carbons (Fsp3) is 0.318. The van der Waals surface area contributed by atoms with Crippen LogP contribution in [0.15, 0.2) is 42.6 Å². The minimum atomic E-state index is -1.60. The molecule has 0 saturated heterocycles. The molecular formula is C22H26N4O5. The van der Waals surface area contributed by atoms with Crippen LogP contribution in [0.4, 0.5) is 5.69 Å². The van der Waals surface area contributed by atoms with E-state index in [-0.39, 0.29) is 23.8 Å². The molecule has 5 N–H and O–H groups in total. The molecule has 0 aliphatic carbocycles. The smallest absolute Gasteiger partial charge is 0.252 e. The molecule has 9 heteroatoms. The highest BCUT2D eigenvalue weighted by Gasteiger charge is 2.28. The molecule has 3 rings (SSSR count). The number of hydrogen-bond donors (Lipinski definition) is 5. The highest BCUT2D eigenvalue weighted by molar-refractivity contribution is 6.10. The molecule has 1 heterocycles. The maximum Gasteiger partial charge on any atom is 0.252 e. The van der Waals surface area contributed by atoms with E-state index < -0.39 is 24.2 Å².